The fourth-order valence-electron chi connectivity index (χ4n) is 6.82. The molecule has 1 N–H and O–H groups in total. The molecular weight excluding hydrogens is 641 g/mol. The zero-order valence-electron chi connectivity index (χ0n) is 25.5. The van der Waals surface area contributed by atoms with Gasteiger partial charge < -0.3 is 14.8 Å². The van der Waals surface area contributed by atoms with Crippen LogP contribution in [-0.2, 0) is 16.1 Å². The number of carbonyl (C=O) groups excluding carboxylic acids is 3. The molecule has 45 heavy (non-hydrogen) atoms. The van der Waals surface area contributed by atoms with Gasteiger partial charge in [0.15, 0.2) is 11.4 Å². The van der Waals surface area contributed by atoms with Crippen molar-refractivity contribution >= 4 is 55.9 Å². The number of aromatic nitrogens is 5. The number of pyridine rings is 1. The smallest absolute Gasteiger partial charge is 0.248 e. The summed E-state index contributed by atoms with van der Waals surface area (Å²) in [5.41, 5.74) is 4.06. The largest absolute Gasteiger partial charge is 0.337 e. The van der Waals surface area contributed by atoms with E-state index in [0.717, 1.165) is 17.7 Å². The number of fused-ring (bicyclic) bond motifs is 3. The third-order valence-electron chi connectivity index (χ3n) is 9.29. The van der Waals surface area contributed by atoms with Crippen molar-refractivity contribution in [3.8, 4) is 11.1 Å². The molecule has 1 saturated heterocycles. The van der Waals surface area contributed by atoms with Gasteiger partial charge in [0.2, 0.25) is 11.8 Å². The van der Waals surface area contributed by atoms with Gasteiger partial charge in [0, 0.05) is 58.3 Å². The molecular formula is C33H31BrFN7O3. The lowest BCUT2D eigenvalue weighted by atomic mass is 9.99. The Labute approximate surface area is 266 Å². The Morgan fingerprint density at radius 3 is 2.67 bits per heavy atom. The fraction of sp³-hybridized carbons (Fsp3) is 0.333. The number of carbonyl (C=O) groups is 3. The molecule has 10 nitrogen and oxygen atoms in total. The van der Waals surface area contributed by atoms with Gasteiger partial charge in [0.05, 0.1) is 11.2 Å². The van der Waals surface area contributed by atoms with Crippen LogP contribution in [0.3, 0.4) is 0 Å². The van der Waals surface area contributed by atoms with Gasteiger partial charge in [-0.2, -0.15) is 5.10 Å². The molecule has 230 valence electrons. The van der Waals surface area contributed by atoms with Crippen LogP contribution < -0.4 is 5.32 Å². The Bertz CT molecular complexity index is 2100. The number of piperidine rings is 1. The van der Waals surface area contributed by atoms with E-state index >= 15 is 4.39 Å². The third-order valence-corrected chi connectivity index (χ3v) is 9.73. The standard InChI is InChI=1S/C33H31BrFN7O3/c1-16-6-7-26(34)37-31(16)38-32(45)24-10-33(5)11-25(33)42(24)28(44)15-40-14-23(19(4)43)22-9-21(29(35)18(3)30(22)40)20-12-36-27-8-17(2)39-41(27)13-20/h6-9,12-14,24-25H,10-11,15H2,1-5H3,(H,37,38,45)/t24-,25+,33-/m0/s1. The van der Waals surface area contributed by atoms with Crippen molar-refractivity contribution < 1.29 is 18.8 Å². The van der Waals surface area contributed by atoms with E-state index in [0.29, 0.717) is 50.1 Å². The van der Waals surface area contributed by atoms with Gasteiger partial charge in [0.1, 0.15) is 28.8 Å². The Hall–Kier alpha value is -4.45. The van der Waals surface area contributed by atoms with Gasteiger partial charge in [-0.3, -0.25) is 14.4 Å². The molecule has 1 saturated carbocycles. The summed E-state index contributed by atoms with van der Waals surface area (Å²) in [7, 11) is 0. The highest BCUT2D eigenvalue weighted by molar-refractivity contribution is 9.10. The SMILES string of the molecule is CC(=O)c1cn(CC(=O)N2[C@H](C(=O)Nc3nc(Br)ccc3C)C[C@@]3(C)C[C@@H]23)c2c(C)c(F)c(-c3cnc4cc(C)nn4c3)cc12. The van der Waals surface area contributed by atoms with Crippen molar-refractivity contribution in [3.63, 3.8) is 0 Å². The number of halogens is 2. The fourth-order valence-corrected chi connectivity index (χ4v) is 7.13. The van der Waals surface area contributed by atoms with Crippen LogP contribution in [0.1, 0.15) is 53.9 Å². The second-order valence-electron chi connectivity index (χ2n) is 12.6. The molecule has 3 atom stereocenters. The highest BCUT2D eigenvalue weighted by Gasteiger charge is 2.64. The molecule has 5 heterocycles. The van der Waals surface area contributed by atoms with Crippen LogP contribution in [0.2, 0.25) is 0 Å². The first-order valence-corrected chi connectivity index (χ1v) is 15.5. The zero-order valence-corrected chi connectivity index (χ0v) is 27.1. The normalized spacial score (nSPS) is 20.6. The topological polar surface area (TPSA) is 114 Å². The van der Waals surface area contributed by atoms with Crippen molar-refractivity contribution in [2.45, 2.75) is 66.1 Å². The minimum Gasteiger partial charge on any atom is -0.337 e. The van der Waals surface area contributed by atoms with Gasteiger partial charge in [-0.15, -0.1) is 0 Å². The Morgan fingerprint density at radius 1 is 1.13 bits per heavy atom. The molecule has 2 aliphatic rings. The van der Waals surface area contributed by atoms with Gasteiger partial charge in [-0.1, -0.05) is 13.0 Å². The second kappa shape index (κ2) is 10.3. The molecule has 1 aliphatic heterocycles. The second-order valence-corrected chi connectivity index (χ2v) is 13.4. The van der Waals surface area contributed by atoms with Crippen LogP contribution in [0.5, 0.6) is 0 Å². The van der Waals surface area contributed by atoms with E-state index in [1.165, 1.54) is 6.92 Å². The maximum Gasteiger partial charge on any atom is 0.248 e. The number of nitrogens with zero attached hydrogens (tertiary/aromatic N) is 6. The van der Waals surface area contributed by atoms with Gasteiger partial charge in [-0.05, 0) is 79.6 Å². The summed E-state index contributed by atoms with van der Waals surface area (Å²) in [6.07, 6.45) is 6.27. The molecule has 0 spiro atoms. The van der Waals surface area contributed by atoms with E-state index in [1.807, 2.05) is 26.0 Å². The number of rotatable bonds is 6. The summed E-state index contributed by atoms with van der Waals surface area (Å²) in [4.78, 5) is 50.9. The number of ketones is 1. The molecule has 1 aromatic carbocycles. The lowest BCUT2D eigenvalue weighted by Crippen LogP contribution is -2.46. The Kier molecular flexibility index (Phi) is 6.70. The maximum absolute atomic E-state index is 16.1. The van der Waals surface area contributed by atoms with E-state index in [1.54, 1.807) is 51.6 Å². The summed E-state index contributed by atoms with van der Waals surface area (Å²) in [5, 5.41) is 7.85. The molecule has 12 heteroatoms. The first-order valence-electron chi connectivity index (χ1n) is 14.7. The maximum atomic E-state index is 16.1. The molecule has 4 aromatic heterocycles. The van der Waals surface area contributed by atoms with E-state index in [4.69, 9.17) is 0 Å². The van der Waals surface area contributed by atoms with Crippen LogP contribution in [-0.4, -0.2) is 58.7 Å². The minimum atomic E-state index is -0.673. The molecule has 2 amide bonds. The van der Waals surface area contributed by atoms with Gasteiger partial charge >= 0.3 is 0 Å². The van der Waals surface area contributed by atoms with E-state index < -0.39 is 11.9 Å². The lowest BCUT2D eigenvalue weighted by Gasteiger charge is -2.27. The van der Waals surface area contributed by atoms with E-state index in [-0.39, 0.29) is 41.2 Å². The summed E-state index contributed by atoms with van der Waals surface area (Å²) >= 11 is 3.35. The number of Topliss-reactive ketones (excluding diaryl/α,β-unsaturated/α-hetero) is 1. The number of amides is 2. The third kappa shape index (κ3) is 4.82. The first-order chi connectivity index (χ1) is 21.3. The number of hydrogen-bond donors (Lipinski definition) is 1. The first kappa shape index (κ1) is 29.3. The quantitative estimate of drug-likeness (QED) is 0.180. The predicted molar refractivity (Wildman–Crippen MR) is 170 cm³/mol. The van der Waals surface area contributed by atoms with Crippen molar-refractivity contribution in [1.29, 1.82) is 0 Å². The van der Waals surface area contributed by atoms with Crippen molar-refractivity contribution in [2.24, 2.45) is 5.41 Å². The van der Waals surface area contributed by atoms with Crippen LogP contribution in [0, 0.1) is 32.0 Å². The van der Waals surface area contributed by atoms with Crippen molar-refractivity contribution in [1.82, 2.24) is 29.0 Å². The monoisotopic (exact) mass is 671 g/mol. The van der Waals surface area contributed by atoms with Crippen LogP contribution in [0.4, 0.5) is 10.2 Å². The number of benzene rings is 1. The number of nitrogens with one attached hydrogen (secondary N) is 1. The summed E-state index contributed by atoms with van der Waals surface area (Å²) < 4.78 is 19.9. The highest BCUT2D eigenvalue weighted by Crippen LogP contribution is 2.59. The Morgan fingerprint density at radius 2 is 1.91 bits per heavy atom. The number of likely N-dealkylation sites (tertiary alicyclic amines) is 1. The summed E-state index contributed by atoms with van der Waals surface area (Å²) in [5.74, 6) is -0.796. The minimum absolute atomic E-state index is 0.0656. The van der Waals surface area contributed by atoms with Gasteiger partial charge in [-0.25, -0.2) is 18.9 Å². The molecule has 0 bridgehead atoms. The molecule has 2 fully saturated rings. The highest BCUT2D eigenvalue weighted by atomic mass is 79.9. The average Bonchev–Trinajstić information content (AvgIpc) is 3.25. The van der Waals surface area contributed by atoms with Crippen molar-refractivity contribution in [2.75, 3.05) is 5.32 Å². The average molecular weight is 673 g/mol. The Balaban J connectivity index is 1.24. The summed E-state index contributed by atoms with van der Waals surface area (Å²) in [6, 6.07) is 6.39. The van der Waals surface area contributed by atoms with Crippen LogP contribution >= 0.6 is 15.9 Å². The van der Waals surface area contributed by atoms with Crippen LogP contribution in [0.15, 0.2) is 47.5 Å². The lowest BCUT2D eigenvalue weighted by molar-refractivity contribution is -0.138. The molecule has 0 radical (unpaired) electrons. The number of anilines is 1. The van der Waals surface area contributed by atoms with Crippen molar-refractivity contribution in [3.05, 3.63) is 75.7 Å². The molecule has 0 unspecified atom stereocenters. The van der Waals surface area contributed by atoms with Crippen LogP contribution in [0.25, 0.3) is 27.7 Å². The van der Waals surface area contributed by atoms with E-state index in [2.05, 4.69) is 43.2 Å². The predicted octanol–water partition coefficient (Wildman–Crippen LogP) is 5.79. The molecule has 1 aliphatic carbocycles. The summed E-state index contributed by atoms with van der Waals surface area (Å²) in [6.45, 7) is 8.75. The number of hydrogen-bond acceptors (Lipinski definition) is 6. The molecule has 7 rings (SSSR count). The van der Waals surface area contributed by atoms with Gasteiger partial charge in [0.25, 0.3) is 0 Å². The number of aryl methyl sites for hydroxylation is 3. The van der Waals surface area contributed by atoms with E-state index in [9.17, 15) is 14.4 Å². The molecule has 5 aromatic rings. The zero-order chi connectivity index (χ0) is 31.9.